The van der Waals surface area contributed by atoms with Crippen molar-refractivity contribution in [2.45, 2.75) is 58.6 Å². The third kappa shape index (κ3) is 3.11. The van der Waals surface area contributed by atoms with Gasteiger partial charge in [-0.15, -0.1) is 0 Å². The van der Waals surface area contributed by atoms with E-state index in [1.165, 1.54) is 0 Å². The zero-order valence-electron chi connectivity index (χ0n) is 15.2. The summed E-state index contributed by atoms with van der Waals surface area (Å²) in [4.78, 5) is 7.30. The molecule has 0 aromatic heterocycles. The van der Waals surface area contributed by atoms with E-state index in [0.29, 0.717) is 12.0 Å². The van der Waals surface area contributed by atoms with Crippen LogP contribution in [0.1, 0.15) is 47.5 Å². The van der Waals surface area contributed by atoms with E-state index in [-0.39, 0.29) is 11.1 Å². The largest absolute Gasteiger partial charge is 0.381 e. The summed E-state index contributed by atoms with van der Waals surface area (Å²) in [5.74, 6) is 1.01. The fraction of sp³-hybridized carbons (Fsp3) is 0.941. The van der Waals surface area contributed by atoms with Crippen molar-refractivity contribution in [3.63, 3.8) is 0 Å². The van der Waals surface area contributed by atoms with Crippen molar-refractivity contribution in [3.8, 4) is 0 Å². The molecule has 2 saturated heterocycles. The van der Waals surface area contributed by atoms with Crippen LogP contribution in [0.3, 0.4) is 0 Å². The topological polar surface area (TPSA) is 46.1 Å². The van der Waals surface area contributed by atoms with Crippen molar-refractivity contribution in [2.75, 3.05) is 40.0 Å². The molecule has 0 aromatic carbocycles. The highest BCUT2D eigenvalue weighted by molar-refractivity contribution is 5.82. The van der Waals surface area contributed by atoms with Crippen molar-refractivity contribution in [1.29, 1.82) is 0 Å². The smallest absolute Gasteiger partial charge is 0.194 e. The number of guanidine groups is 1. The van der Waals surface area contributed by atoms with Gasteiger partial charge in [0.05, 0.1) is 12.1 Å². The SMILES string of the molecule is CCNC(=NCC1(OC)CCOCC1)N1CC(C)(C)C1(C)C. The third-order valence-corrected chi connectivity index (χ3v) is 5.83. The van der Waals surface area contributed by atoms with Crippen LogP contribution in [0.4, 0.5) is 0 Å². The van der Waals surface area contributed by atoms with Gasteiger partial charge in [-0.1, -0.05) is 13.8 Å². The van der Waals surface area contributed by atoms with Gasteiger partial charge < -0.3 is 19.7 Å². The molecule has 5 nitrogen and oxygen atoms in total. The number of aliphatic imine (C=N–C) groups is 1. The number of likely N-dealkylation sites (tertiary alicyclic amines) is 1. The molecule has 128 valence electrons. The summed E-state index contributed by atoms with van der Waals surface area (Å²) in [7, 11) is 1.80. The molecule has 5 heteroatoms. The van der Waals surface area contributed by atoms with E-state index in [9.17, 15) is 0 Å². The average molecular weight is 311 g/mol. The van der Waals surface area contributed by atoms with E-state index in [1.54, 1.807) is 7.11 Å². The van der Waals surface area contributed by atoms with Crippen LogP contribution in [0.5, 0.6) is 0 Å². The van der Waals surface area contributed by atoms with Crippen molar-refractivity contribution < 1.29 is 9.47 Å². The molecule has 2 aliphatic rings. The quantitative estimate of drug-likeness (QED) is 0.639. The lowest BCUT2D eigenvalue weighted by Gasteiger charge is -2.62. The van der Waals surface area contributed by atoms with Gasteiger partial charge in [-0.3, -0.25) is 4.99 Å². The molecule has 2 fully saturated rings. The number of ether oxygens (including phenoxy) is 2. The fourth-order valence-electron chi connectivity index (χ4n) is 3.18. The van der Waals surface area contributed by atoms with Crippen LogP contribution in [0.25, 0.3) is 0 Å². The predicted octanol–water partition coefficient (Wildman–Crippen LogP) is 2.27. The van der Waals surface area contributed by atoms with Gasteiger partial charge >= 0.3 is 0 Å². The molecule has 0 atom stereocenters. The molecule has 0 aromatic rings. The van der Waals surface area contributed by atoms with E-state index < -0.39 is 0 Å². The average Bonchev–Trinajstić information content (AvgIpc) is 2.50. The van der Waals surface area contributed by atoms with Crippen molar-refractivity contribution in [3.05, 3.63) is 0 Å². The molecule has 1 N–H and O–H groups in total. The Labute approximate surface area is 135 Å². The zero-order valence-corrected chi connectivity index (χ0v) is 15.2. The second-order valence-electron chi connectivity index (χ2n) is 7.70. The number of nitrogens with one attached hydrogen (secondary N) is 1. The van der Waals surface area contributed by atoms with Crippen LogP contribution in [0.15, 0.2) is 4.99 Å². The second kappa shape index (κ2) is 6.36. The van der Waals surface area contributed by atoms with E-state index in [0.717, 1.165) is 45.1 Å². The first kappa shape index (κ1) is 17.5. The van der Waals surface area contributed by atoms with Crippen molar-refractivity contribution in [1.82, 2.24) is 10.2 Å². The van der Waals surface area contributed by atoms with E-state index in [4.69, 9.17) is 14.5 Å². The molecule has 2 rings (SSSR count). The molecule has 22 heavy (non-hydrogen) atoms. The Morgan fingerprint density at radius 3 is 2.32 bits per heavy atom. The molecule has 0 aliphatic carbocycles. The minimum absolute atomic E-state index is 0.115. The molecule has 0 radical (unpaired) electrons. The molecule has 0 spiro atoms. The summed E-state index contributed by atoms with van der Waals surface area (Å²) in [5, 5.41) is 3.45. The van der Waals surface area contributed by atoms with Gasteiger partial charge in [0.2, 0.25) is 0 Å². The summed E-state index contributed by atoms with van der Waals surface area (Å²) < 4.78 is 11.3. The molecule has 0 bridgehead atoms. The minimum Gasteiger partial charge on any atom is -0.381 e. The van der Waals surface area contributed by atoms with Gasteiger partial charge in [-0.25, -0.2) is 0 Å². The van der Waals surface area contributed by atoms with Crippen molar-refractivity contribution >= 4 is 5.96 Å². The predicted molar refractivity (Wildman–Crippen MR) is 90.3 cm³/mol. The Morgan fingerprint density at radius 2 is 1.86 bits per heavy atom. The maximum absolute atomic E-state index is 5.80. The number of hydrogen-bond donors (Lipinski definition) is 1. The van der Waals surface area contributed by atoms with E-state index in [2.05, 4.69) is 44.8 Å². The molecule has 0 unspecified atom stereocenters. The number of methoxy groups -OCH3 is 1. The van der Waals surface area contributed by atoms with Gasteiger partial charge in [0, 0.05) is 57.2 Å². The van der Waals surface area contributed by atoms with Crippen LogP contribution in [0.2, 0.25) is 0 Å². The van der Waals surface area contributed by atoms with Crippen LogP contribution < -0.4 is 5.32 Å². The highest BCUT2D eigenvalue weighted by Crippen LogP contribution is 2.46. The van der Waals surface area contributed by atoms with Gasteiger partial charge in [0.15, 0.2) is 5.96 Å². The van der Waals surface area contributed by atoms with Gasteiger partial charge in [0.1, 0.15) is 0 Å². The number of rotatable bonds is 4. The maximum Gasteiger partial charge on any atom is 0.194 e. The molecule has 2 aliphatic heterocycles. The summed E-state index contributed by atoms with van der Waals surface area (Å²) in [6, 6.07) is 0. The van der Waals surface area contributed by atoms with E-state index >= 15 is 0 Å². The van der Waals surface area contributed by atoms with Crippen LogP contribution in [-0.2, 0) is 9.47 Å². The Balaban J connectivity index is 2.11. The lowest BCUT2D eigenvalue weighted by Crippen LogP contribution is -2.72. The third-order valence-electron chi connectivity index (χ3n) is 5.83. The Bertz CT molecular complexity index is 412. The highest BCUT2D eigenvalue weighted by atomic mass is 16.5. The summed E-state index contributed by atoms with van der Waals surface area (Å²) in [6.45, 7) is 15.5. The summed E-state index contributed by atoms with van der Waals surface area (Å²) in [6.07, 6.45) is 1.84. The lowest BCUT2D eigenvalue weighted by atomic mass is 9.65. The van der Waals surface area contributed by atoms with Crippen molar-refractivity contribution in [2.24, 2.45) is 10.4 Å². The Morgan fingerprint density at radius 1 is 1.23 bits per heavy atom. The Kier molecular flexibility index (Phi) is 5.07. The van der Waals surface area contributed by atoms with E-state index in [1.807, 2.05) is 0 Å². The molecule has 2 heterocycles. The Hall–Kier alpha value is -0.810. The zero-order chi connectivity index (χ0) is 16.4. The fourth-order valence-corrected chi connectivity index (χ4v) is 3.18. The highest BCUT2D eigenvalue weighted by Gasteiger charge is 2.53. The maximum atomic E-state index is 5.80. The van der Waals surface area contributed by atoms with Gasteiger partial charge in [-0.2, -0.15) is 0 Å². The number of nitrogens with zero attached hydrogens (tertiary/aromatic N) is 2. The first-order chi connectivity index (χ1) is 10.3. The molecule has 0 amide bonds. The standard InChI is InChI=1S/C17H33N3O2/c1-7-18-14(20-13-15(2,3)16(20,4)5)19-12-17(21-6)8-10-22-11-9-17/h7-13H2,1-6H3,(H,18,19). The summed E-state index contributed by atoms with van der Waals surface area (Å²) in [5.41, 5.74) is 0.258. The molecular formula is C17H33N3O2. The monoisotopic (exact) mass is 311 g/mol. The van der Waals surface area contributed by atoms with Crippen LogP contribution >= 0.6 is 0 Å². The van der Waals surface area contributed by atoms with Gasteiger partial charge in [-0.05, 0) is 20.8 Å². The van der Waals surface area contributed by atoms with Crippen LogP contribution in [-0.4, -0.2) is 62.0 Å². The molecular weight excluding hydrogens is 278 g/mol. The van der Waals surface area contributed by atoms with Gasteiger partial charge in [0.25, 0.3) is 0 Å². The normalized spacial score (nSPS) is 26.5. The lowest BCUT2D eigenvalue weighted by molar-refractivity contribution is -0.0848. The summed E-state index contributed by atoms with van der Waals surface area (Å²) >= 11 is 0. The van der Waals surface area contributed by atoms with Crippen LogP contribution in [0, 0.1) is 5.41 Å². The second-order valence-corrected chi connectivity index (χ2v) is 7.70. The molecule has 0 saturated carbocycles. The first-order valence-corrected chi connectivity index (χ1v) is 8.47. The minimum atomic E-state index is -0.163. The number of hydrogen-bond acceptors (Lipinski definition) is 3. The first-order valence-electron chi connectivity index (χ1n) is 8.47.